The number of nitrogens with zero attached hydrogens (tertiary/aromatic N) is 4. The van der Waals surface area contributed by atoms with Crippen LogP contribution in [0.5, 0.6) is 0 Å². The van der Waals surface area contributed by atoms with Gasteiger partial charge in [0.25, 0.3) is 0 Å². The average Bonchev–Trinajstić information content (AvgIpc) is 2.79. The quantitative estimate of drug-likeness (QED) is 0.632. The third kappa shape index (κ3) is 5.85. The van der Waals surface area contributed by atoms with E-state index < -0.39 is 0 Å². The monoisotopic (exact) mass is 456 g/mol. The molecule has 32 heavy (non-hydrogen) atoms. The molecule has 1 aromatic heterocycles. The number of halogens is 1. The van der Waals surface area contributed by atoms with Gasteiger partial charge in [-0.3, -0.25) is 0 Å². The van der Waals surface area contributed by atoms with Crippen LogP contribution in [0.3, 0.4) is 0 Å². The van der Waals surface area contributed by atoms with Gasteiger partial charge in [-0.15, -0.1) is 0 Å². The molecule has 2 atom stereocenters. The van der Waals surface area contributed by atoms with E-state index in [4.69, 9.17) is 22.2 Å². The van der Waals surface area contributed by atoms with Crippen molar-refractivity contribution in [3.05, 3.63) is 41.7 Å². The molecule has 2 aliphatic rings. The zero-order valence-corrected chi connectivity index (χ0v) is 19.8. The van der Waals surface area contributed by atoms with Crippen molar-refractivity contribution in [3.8, 4) is 0 Å². The minimum absolute atomic E-state index is 0.244. The maximum Gasteiger partial charge on any atom is 0.232 e. The number of aromatic nitrogens is 2. The van der Waals surface area contributed by atoms with E-state index in [0.29, 0.717) is 29.6 Å². The molecule has 1 aromatic carbocycles. The summed E-state index contributed by atoms with van der Waals surface area (Å²) in [4.78, 5) is 14.4. The first-order chi connectivity index (χ1) is 15.5. The fraction of sp³-hybridized carbons (Fsp3) is 0.542. The Morgan fingerprint density at radius 2 is 1.84 bits per heavy atom. The summed E-state index contributed by atoms with van der Waals surface area (Å²) in [5.74, 6) is 2.86. The topological polar surface area (TPSA) is 56.3 Å². The molecule has 8 heteroatoms. The standard InChI is InChI=1S/C24H33FN6S/c1-17-6-5-12-30(16-17)21-14-22(31-13-4-3-7-18(31)2)28-23(27-21)29-24(32)26-15-19-8-10-20(25)11-9-19/h8-11,14,17-18H,3-7,12-13,15-16H2,1-2H3,(H2,26,27,28,29,32)/t17-,18+/m1/s1. The van der Waals surface area contributed by atoms with Crippen LogP contribution in [-0.4, -0.2) is 40.8 Å². The summed E-state index contributed by atoms with van der Waals surface area (Å²) in [5.41, 5.74) is 0.954. The Morgan fingerprint density at radius 3 is 2.59 bits per heavy atom. The van der Waals surface area contributed by atoms with E-state index in [0.717, 1.165) is 36.8 Å². The molecule has 0 radical (unpaired) electrons. The Labute approximate surface area is 195 Å². The van der Waals surface area contributed by atoms with Crippen LogP contribution >= 0.6 is 12.2 Å². The van der Waals surface area contributed by atoms with Crippen LogP contribution in [0.2, 0.25) is 0 Å². The van der Waals surface area contributed by atoms with Gasteiger partial charge in [-0.05, 0) is 74.9 Å². The minimum Gasteiger partial charge on any atom is -0.358 e. The van der Waals surface area contributed by atoms with Crippen LogP contribution < -0.4 is 20.4 Å². The molecule has 172 valence electrons. The molecule has 0 bridgehead atoms. The van der Waals surface area contributed by atoms with E-state index in [-0.39, 0.29) is 5.82 Å². The number of hydrogen-bond donors (Lipinski definition) is 2. The Hall–Kier alpha value is -2.48. The third-order valence-electron chi connectivity index (χ3n) is 6.37. The number of nitrogens with one attached hydrogen (secondary N) is 2. The Balaban J connectivity index is 1.51. The average molecular weight is 457 g/mol. The van der Waals surface area contributed by atoms with Crippen molar-refractivity contribution >= 4 is 34.9 Å². The van der Waals surface area contributed by atoms with E-state index in [1.165, 1.54) is 44.2 Å². The van der Waals surface area contributed by atoms with Crippen LogP contribution in [0.1, 0.15) is 51.5 Å². The Bertz CT molecular complexity index is 921. The maximum atomic E-state index is 13.1. The number of thiocarbonyl (C=S) groups is 1. The summed E-state index contributed by atoms with van der Waals surface area (Å²) in [6.07, 6.45) is 6.08. The number of hydrogen-bond acceptors (Lipinski definition) is 5. The van der Waals surface area contributed by atoms with E-state index in [2.05, 4.69) is 40.3 Å². The number of rotatable bonds is 5. The normalized spacial score (nSPS) is 21.3. The lowest BCUT2D eigenvalue weighted by atomic mass is 10.0. The van der Waals surface area contributed by atoms with E-state index in [9.17, 15) is 4.39 Å². The number of piperidine rings is 2. The predicted octanol–water partition coefficient (Wildman–Crippen LogP) is 4.72. The van der Waals surface area contributed by atoms with Crippen molar-refractivity contribution in [2.24, 2.45) is 5.92 Å². The van der Waals surface area contributed by atoms with Crippen molar-refractivity contribution in [1.29, 1.82) is 0 Å². The molecule has 0 spiro atoms. The molecule has 2 aromatic rings. The van der Waals surface area contributed by atoms with Gasteiger partial charge in [-0.25, -0.2) is 4.39 Å². The molecule has 0 aliphatic carbocycles. The van der Waals surface area contributed by atoms with E-state index >= 15 is 0 Å². The van der Waals surface area contributed by atoms with Gasteiger partial charge in [0.2, 0.25) is 5.95 Å². The highest BCUT2D eigenvalue weighted by Crippen LogP contribution is 2.29. The van der Waals surface area contributed by atoms with Crippen LogP contribution in [0.25, 0.3) is 0 Å². The zero-order valence-electron chi connectivity index (χ0n) is 19.0. The van der Waals surface area contributed by atoms with Gasteiger partial charge in [0, 0.05) is 38.3 Å². The third-order valence-corrected chi connectivity index (χ3v) is 6.62. The summed E-state index contributed by atoms with van der Waals surface area (Å²) in [5, 5.41) is 6.81. The van der Waals surface area contributed by atoms with E-state index in [1.54, 1.807) is 12.1 Å². The Morgan fingerprint density at radius 1 is 1.06 bits per heavy atom. The van der Waals surface area contributed by atoms with Crippen molar-refractivity contribution in [3.63, 3.8) is 0 Å². The molecule has 4 rings (SSSR count). The highest BCUT2D eigenvalue weighted by molar-refractivity contribution is 7.80. The Kier molecular flexibility index (Phi) is 7.40. The second-order valence-corrected chi connectivity index (χ2v) is 9.48. The first-order valence-corrected chi connectivity index (χ1v) is 12.1. The second-order valence-electron chi connectivity index (χ2n) is 9.07. The fourth-order valence-corrected chi connectivity index (χ4v) is 4.72. The molecule has 0 amide bonds. The van der Waals surface area contributed by atoms with Crippen LogP contribution in [0.15, 0.2) is 30.3 Å². The first kappa shape index (κ1) is 22.7. The summed E-state index contributed by atoms with van der Waals surface area (Å²) in [7, 11) is 0. The van der Waals surface area contributed by atoms with Gasteiger partial charge in [0.1, 0.15) is 17.5 Å². The van der Waals surface area contributed by atoms with Gasteiger partial charge in [0.05, 0.1) is 0 Å². The second kappa shape index (κ2) is 10.4. The lowest BCUT2D eigenvalue weighted by molar-refractivity contribution is 0.444. The van der Waals surface area contributed by atoms with Crippen LogP contribution in [0, 0.1) is 11.7 Å². The largest absolute Gasteiger partial charge is 0.358 e. The molecule has 2 saturated heterocycles. The summed E-state index contributed by atoms with van der Waals surface area (Å²) in [6.45, 7) is 8.12. The van der Waals surface area contributed by atoms with Gasteiger partial charge in [0.15, 0.2) is 5.11 Å². The first-order valence-electron chi connectivity index (χ1n) is 11.7. The fourth-order valence-electron chi connectivity index (χ4n) is 4.55. The van der Waals surface area contributed by atoms with Crippen molar-refractivity contribution in [1.82, 2.24) is 15.3 Å². The summed E-state index contributed by atoms with van der Waals surface area (Å²) in [6, 6.07) is 8.99. The van der Waals surface area contributed by atoms with Crippen LogP contribution in [-0.2, 0) is 6.54 Å². The van der Waals surface area contributed by atoms with Gasteiger partial charge >= 0.3 is 0 Å². The highest BCUT2D eigenvalue weighted by Gasteiger charge is 2.24. The van der Waals surface area contributed by atoms with Gasteiger partial charge in [-0.1, -0.05) is 19.1 Å². The smallest absolute Gasteiger partial charge is 0.232 e. The van der Waals surface area contributed by atoms with Crippen molar-refractivity contribution < 1.29 is 4.39 Å². The predicted molar refractivity (Wildman–Crippen MR) is 133 cm³/mol. The minimum atomic E-state index is -0.244. The molecule has 0 saturated carbocycles. The molecular formula is C24H33FN6S. The molecule has 2 N–H and O–H groups in total. The lowest BCUT2D eigenvalue weighted by Gasteiger charge is -2.36. The van der Waals surface area contributed by atoms with Gasteiger partial charge < -0.3 is 20.4 Å². The molecular weight excluding hydrogens is 423 g/mol. The zero-order chi connectivity index (χ0) is 22.5. The van der Waals surface area contributed by atoms with E-state index in [1.807, 2.05) is 0 Å². The van der Waals surface area contributed by atoms with Crippen molar-refractivity contribution in [2.45, 2.75) is 58.5 Å². The molecule has 2 aliphatic heterocycles. The van der Waals surface area contributed by atoms with Crippen molar-refractivity contribution in [2.75, 3.05) is 34.8 Å². The van der Waals surface area contributed by atoms with Gasteiger partial charge in [-0.2, -0.15) is 9.97 Å². The highest BCUT2D eigenvalue weighted by atomic mass is 32.1. The molecule has 0 unspecified atom stereocenters. The maximum absolute atomic E-state index is 13.1. The SMILES string of the molecule is C[C@@H]1CCCN(c2cc(N3CCCC[C@@H]3C)nc(NC(=S)NCc3ccc(F)cc3)n2)C1. The number of anilines is 3. The molecule has 2 fully saturated rings. The summed E-state index contributed by atoms with van der Waals surface area (Å²) < 4.78 is 13.1. The molecule has 6 nitrogen and oxygen atoms in total. The lowest BCUT2D eigenvalue weighted by Crippen LogP contribution is -2.39. The van der Waals surface area contributed by atoms with Crippen LogP contribution in [0.4, 0.5) is 22.0 Å². The molecule has 3 heterocycles. The number of benzene rings is 1. The summed E-state index contributed by atoms with van der Waals surface area (Å²) >= 11 is 5.50.